The lowest BCUT2D eigenvalue weighted by Gasteiger charge is -2.50. The fourth-order valence-corrected chi connectivity index (χ4v) is 6.18. The van der Waals surface area contributed by atoms with Crippen LogP contribution in [0.15, 0.2) is 82.1 Å². The van der Waals surface area contributed by atoms with Crippen LogP contribution in [0.5, 0.6) is 0 Å². The van der Waals surface area contributed by atoms with Gasteiger partial charge in [-0.2, -0.15) is 0 Å². The van der Waals surface area contributed by atoms with E-state index in [9.17, 15) is 19.5 Å². The molecule has 0 saturated carbocycles. The lowest BCUT2D eigenvalue weighted by molar-refractivity contribution is -0.688. The van der Waals surface area contributed by atoms with Crippen molar-refractivity contribution in [2.45, 2.75) is 18.6 Å². The minimum absolute atomic E-state index is 0.141. The fourth-order valence-electron chi connectivity index (χ4n) is 4.46. The first-order valence-corrected chi connectivity index (χ1v) is 14.0. The number of nitrogens with zero attached hydrogens (tertiary/aromatic N) is 4. The van der Waals surface area contributed by atoms with Crippen LogP contribution >= 0.6 is 23.1 Å². The average Bonchev–Trinajstić information content (AvgIpc) is 3.39. The maximum absolute atomic E-state index is 13.1. The summed E-state index contributed by atoms with van der Waals surface area (Å²) in [4.78, 5) is 48.5. The summed E-state index contributed by atoms with van der Waals surface area (Å²) in [6, 6.07) is 12.3. The first-order valence-electron chi connectivity index (χ1n) is 12.1. The Hall–Kier alpha value is -4.49. The monoisotopic (exact) mass is 576 g/mol. The molecule has 1 saturated heterocycles. The number of aliphatic carboxylic acids is 1. The van der Waals surface area contributed by atoms with E-state index in [1.54, 1.807) is 17.5 Å². The molecule has 4 heterocycles. The summed E-state index contributed by atoms with van der Waals surface area (Å²) >= 11 is 2.41. The van der Waals surface area contributed by atoms with E-state index in [4.69, 9.17) is 10.6 Å². The number of carboxylic acid groups (broad SMARTS) is 1. The normalized spacial score (nSPS) is 18.9. The second-order valence-electron chi connectivity index (χ2n) is 8.86. The maximum atomic E-state index is 13.1. The third kappa shape index (κ3) is 5.60. The third-order valence-electron chi connectivity index (χ3n) is 6.27. The van der Waals surface area contributed by atoms with Crippen LogP contribution in [0.25, 0.3) is 6.08 Å². The first kappa shape index (κ1) is 27.1. The maximum Gasteiger partial charge on any atom is 0.276 e. The SMILES string of the molecule is CO/N=C(/C(=O)N[C@@H]1C(=O)N2C(C(=O)[O-])=C(/C=C/c3cccc(C[n+]4ccccc4)c3)SC[C@H]12)c1csc(N)n1. The summed E-state index contributed by atoms with van der Waals surface area (Å²) in [6.45, 7) is 0.688. The number of hydrogen-bond acceptors (Lipinski definition) is 10. The van der Waals surface area contributed by atoms with Crippen molar-refractivity contribution in [1.29, 1.82) is 0 Å². The summed E-state index contributed by atoms with van der Waals surface area (Å²) in [5.41, 5.74) is 7.47. The van der Waals surface area contributed by atoms with E-state index in [0.717, 1.165) is 22.5 Å². The number of β-lactam (4-membered cyclic amide) rings is 1. The molecule has 0 unspecified atom stereocenters. The van der Waals surface area contributed by atoms with Gasteiger partial charge in [-0.25, -0.2) is 9.55 Å². The van der Waals surface area contributed by atoms with Crippen molar-refractivity contribution in [2.75, 3.05) is 18.6 Å². The molecule has 11 nitrogen and oxygen atoms in total. The molecule has 2 aliphatic heterocycles. The number of oxime groups is 1. The Kier molecular flexibility index (Phi) is 7.94. The minimum Gasteiger partial charge on any atom is -0.543 e. The lowest BCUT2D eigenvalue weighted by Crippen LogP contribution is -2.73. The van der Waals surface area contributed by atoms with Gasteiger partial charge in [-0.3, -0.25) is 9.59 Å². The zero-order valence-electron chi connectivity index (χ0n) is 21.2. The number of carboxylic acids is 1. The molecule has 1 fully saturated rings. The molecule has 3 aromatic rings. The molecule has 1 aromatic carbocycles. The number of nitrogen functional groups attached to an aromatic ring is 1. The van der Waals surface area contributed by atoms with E-state index in [-0.39, 0.29) is 22.2 Å². The number of pyridine rings is 1. The number of nitrogens with one attached hydrogen (secondary N) is 1. The van der Waals surface area contributed by atoms with E-state index < -0.39 is 29.9 Å². The molecular formula is C27H24N6O5S2. The largest absolute Gasteiger partial charge is 0.543 e. The van der Waals surface area contributed by atoms with Gasteiger partial charge in [0.1, 0.15) is 18.8 Å². The number of rotatable bonds is 9. The van der Waals surface area contributed by atoms with Crippen LogP contribution < -0.4 is 20.7 Å². The zero-order chi connectivity index (χ0) is 28.2. The number of allylic oxidation sites excluding steroid dienone is 1. The number of fused-ring (bicyclic) bond motifs is 1. The standard InChI is InChI=1S/C27H24N6O5S2/c1-38-31-21(18-14-40-27(28)29-18)24(34)30-22-19-15-39-20(23(26(36)37)33(19)25(22)35)9-8-16-6-5-7-17(12-16)13-32-10-3-2-4-11-32/h2-12,14,19,22H,13,15H2,1H3,(H3-,28,29,30,34,36,37)/b9-8+,31-21+/t19-,22+/m1/s1. The number of benzene rings is 1. The summed E-state index contributed by atoms with van der Waals surface area (Å²) < 4.78 is 2.05. The van der Waals surface area contributed by atoms with E-state index in [0.29, 0.717) is 17.2 Å². The molecule has 13 heteroatoms. The lowest BCUT2D eigenvalue weighted by atomic mass is 9.94. The number of carbonyl (C=O) groups is 3. The molecule has 40 heavy (non-hydrogen) atoms. The molecule has 2 atom stereocenters. The molecular weight excluding hydrogens is 552 g/mol. The molecule has 2 aliphatic rings. The molecule has 5 rings (SSSR count). The van der Waals surface area contributed by atoms with Crippen LogP contribution in [0.1, 0.15) is 16.8 Å². The highest BCUT2D eigenvalue weighted by Crippen LogP contribution is 2.39. The molecule has 204 valence electrons. The highest BCUT2D eigenvalue weighted by molar-refractivity contribution is 8.03. The van der Waals surface area contributed by atoms with Crippen LogP contribution in [0.2, 0.25) is 0 Å². The number of nitrogens with two attached hydrogens (primary N) is 1. The number of carbonyl (C=O) groups excluding carboxylic acids is 3. The molecule has 3 N–H and O–H groups in total. The molecule has 0 radical (unpaired) electrons. The van der Waals surface area contributed by atoms with Crippen molar-refractivity contribution in [3.05, 3.63) is 93.7 Å². The predicted molar refractivity (Wildman–Crippen MR) is 148 cm³/mol. The van der Waals surface area contributed by atoms with E-state index >= 15 is 0 Å². The Bertz CT molecular complexity index is 1550. The second kappa shape index (κ2) is 11.7. The summed E-state index contributed by atoms with van der Waals surface area (Å²) in [5.74, 6) is -2.34. The van der Waals surface area contributed by atoms with E-state index in [2.05, 4.69) is 20.0 Å². The number of aromatic nitrogens is 2. The number of anilines is 1. The number of thioether (sulfide) groups is 1. The number of hydrogen-bond donors (Lipinski definition) is 2. The molecule has 2 amide bonds. The summed E-state index contributed by atoms with van der Waals surface area (Å²) in [6.07, 6.45) is 7.44. The highest BCUT2D eigenvalue weighted by atomic mass is 32.2. The van der Waals surface area contributed by atoms with Crippen molar-refractivity contribution < 1.29 is 28.9 Å². The quantitative estimate of drug-likeness (QED) is 0.162. The van der Waals surface area contributed by atoms with Crippen molar-refractivity contribution in [2.24, 2.45) is 5.16 Å². The molecule has 2 aromatic heterocycles. The van der Waals surface area contributed by atoms with Crippen molar-refractivity contribution >= 4 is 57.8 Å². The van der Waals surface area contributed by atoms with Gasteiger partial charge in [0.25, 0.3) is 11.8 Å². The van der Waals surface area contributed by atoms with Gasteiger partial charge < -0.3 is 30.7 Å². The summed E-state index contributed by atoms with van der Waals surface area (Å²) in [7, 11) is 1.28. The van der Waals surface area contributed by atoms with E-state index in [1.165, 1.54) is 23.8 Å². The van der Waals surface area contributed by atoms with Gasteiger partial charge in [0, 0.05) is 33.7 Å². The Balaban J connectivity index is 1.31. The van der Waals surface area contributed by atoms with E-state index in [1.807, 2.05) is 54.9 Å². The average molecular weight is 577 g/mol. The Morgan fingerprint density at radius 3 is 2.77 bits per heavy atom. The van der Waals surface area contributed by atoms with Crippen molar-refractivity contribution in [3.63, 3.8) is 0 Å². The van der Waals surface area contributed by atoms with Crippen LogP contribution in [0, 0.1) is 0 Å². The summed E-state index contributed by atoms with van der Waals surface area (Å²) in [5, 5.41) is 20.3. The van der Waals surface area contributed by atoms with Gasteiger partial charge in [0.05, 0.1) is 17.7 Å². The van der Waals surface area contributed by atoms with Crippen molar-refractivity contribution in [1.82, 2.24) is 15.2 Å². The Morgan fingerprint density at radius 2 is 2.08 bits per heavy atom. The molecule has 0 bridgehead atoms. The fraction of sp³-hybridized carbons (Fsp3) is 0.185. The zero-order valence-corrected chi connectivity index (χ0v) is 22.9. The minimum atomic E-state index is -1.47. The van der Waals surface area contributed by atoms with Gasteiger partial charge in [-0.15, -0.1) is 23.1 Å². The number of amides is 2. The van der Waals surface area contributed by atoms with Crippen LogP contribution in [-0.4, -0.2) is 58.3 Å². The highest BCUT2D eigenvalue weighted by Gasteiger charge is 2.52. The molecule has 0 aliphatic carbocycles. The van der Waals surface area contributed by atoms with Gasteiger partial charge in [-0.05, 0) is 17.7 Å². The van der Waals surface area contributed by atoms with Gasteiger partial charge >= 0.3 is 0 Å². The van der Waals surface area contributed by atoms with Crippen LogP contribution in [0.4, 0.5) is 5.13 Å². The topological polar surface area (TPSA) is 154 Å². The first-order chi connectivity index (χ1) is 19.4. The predicted octanol–water partition coefficient (Wildman–Crippen LogP) is 0.529. The third-order valence-corrected chi connectivity index (χ3v) is 8.09. The smallest absolute Gasteiger partial charge is 0.276 e. The van der Waals surface area contributed by atoms with Gasteiger partial charge in [-0.1, -0.05) is 35.5 Å². The Labute approximate surface area is 237 Å². The van der Waals surface area contributed by atoms with Gasteiger partial charge in [0.15, 0.2) is 29.8 Å². The second-order valence-corrected chi connectivity index (χ2v) is 10.8. The van der Waals surface area contributed by atoms with Crippen LogP contribution in [-0.2, 0) is 25.8 Å². The number of thiazole rings is 1. The van der Waals surface area contributed by atoms with Crippen LogP contribution in [0.3, 0.4) is 0 Å². The van der Waals surface area contributed by atoms with Crippen molar-refractivity contribution in [3.8, 4) is 0 Å². The van der Waals surface area contributed by atoms with Gasteiger partial charge in [0.2, 0.25) is 0 Å². The molecule has 0 spiro atoms. The Morgan fingerprint density at radius 1 is 1.27 bits per heavy atom.